The van der Waals surface area contributed by atoms with Crippen LogP contribution >= 0.6 is 50.5 Å². The Kier molecular flexibility index (Phi) is 16.0. The van der Waals surface area contributed by atoms with Gasteiger partial charge in [0.05, 0.1) is 0 Å². The number of rotatable bonds is 19. The minimum Gasteiger partial charge on any atom is -0.179 e. The highest BCUT2D eigenvalue weighted by Crippen LogP contribution is 2.54. The third kappa shape index (κ3) is 9.37. The number of thiol groups is 4. The third-order valence-corrected chi connectivity index (χ3v) is 8.50. The van der Waals surface area contributed by atoms with E-state index >= 15 is 0 Å². The molecule has 0 amide bonds. The fourth-order valence-electron chi connectivity index (χ4n) is 5.24. The molecule has 0 spiro atoms. The second-order valence-electron chi connectivity index (χ2n) is 9.28. The van der Waals surface area contributed by atoms with E-state index in [1.807, 2.05) is 5.75 Å². The average Bonchev–Trinajstić information content (AvgIpc) is 2.88. The van der Waals surface area contributed by atoms with Crippen LogP contribution in [0.2, 0.25) is 0 Å². The van der Waals surface area contributed by atoms with Gasteiger partial charge in [-0.2, -0.15) is 50.5 Å². The van der Waals surface area contributed by atoms with Gasteiger partial charge in [-0.15, -0.1) is 0 Å². The van der Waals surface area contributed by atoms with E-state index < -0.39 is 0 Å². The first kappa shape index (κ1) is 30.1. The molecule has 0 aromatic heterocycles. The molecule has 0 N–H and O–H groups in total. The van der Waals surface area contributed by atoms with E-state index in [1.165, 1.54) is 67.7 Å². The normalized spacial score (nSPS) is 14.3. The topological polar surface area (TPSA) is 0 Å². The van der Waals surface area contributed by atoms with Gasteiger partial charge >= 0.3 is 0 Å². The first-order valence-electron chi connectivity index (χ1n) is 13.0. The molecule has 0 nitrogen and oxygen atoms in total. The van der Waals surface area contributed by atoms with Crippen molar-refractivity contribution in [3.8, 4) is 0 Å². The summed E-state index contributed by atoms with van der Waals surface area (Å²) in [6, 6.07) is 22.3. The summed E-state index contributed by atoms with van der Waals surface area (Å²) in [6.07, 6.45) is 14.1. The van der Waals surface area contributed by atoms with Crippen LogP contribution in [0.5, 0.6) is 0 Å². The van der Waals surface area contributed by atoms with Crippen LogP contribution in [0.15, 0.2) is 60.7 Å². The third-order valence-electron chi connectivity index (χ3n) is 6.99. The van der Waals surface area contributed by atoms with Gasteiger partial charge in [0.1, 0.15) is 0 Å². The summed E-state index contributed by atoms with van der Waals surface area (Å²) in [5, 5.41) is 1.35. The molecule has 0 aliphatic carbocycles. The average molecular weight is 533 g/mol. The Morgan fingerprint density at radius 1 is 0.735 bits per heavy atom. The molecule has 2 atom stereocenters. The van der Waals surface area contributed by atoms with Crippen LogP contribution in [-0.4, -0.2) is 11.5 Å². The van der Waals surface area contributed by atoms with Gasteiger partial charge in [0.15, 0.2) is 0 Å². The molecule has 0 aliphatic rings. The first-order chi connectivity index (χ1) is 16.7. The molecule has 4 heteroatoms. The van der Waals surface area contributed by atoms with E-state index in [0.29, 0.717) is 5.92 Å². The SMILES string of the molecule is S[CH]CCC(c1ccccc1)C(CCCCCCS)([C](S)CCCCCCS)c1ccccc1. The zero-order valence-corrected chi connectivity index (χ0v) is 24.2. The fraction of sp³-hybridized carbons (Fsp3) is 0.533. The molecule has 2 unspecified atom stereocenters. The van der Waals surface area contributed by atoms with Gasteiger partial charge in [-0.25, -0.2) is 0 Å². The summed E-state index contributed by atoms with van der Waals surface area (Å²) in [5.41, 5.74) is 2.74. The molecule has 0 bridgehead atoms. The quantitative estimate of drug-likeness (QED) is 0.100. The predicted molar refractivity (Wildman–Crippen MR) is 166 cm³/mol. The van der Waals surface area contributed by atoms with Gasteiger partial charge in [0.2, 0.25) is 0 Å². The maximum absolute atomic E-state index is 5.36. The minimum absolute atomic E-state index is 0.0903. The Labute approximate surface area is 232 Å². The molecular formula is C30H44S4. The number of unbranched alkanes of at least 4 members (excludes halogenated alkanes) is 6. The van der Waals surface area contributed by atoms with Crippen LogP contribution in [0, 0.1) is 11.0 Å². The second kappa shape index (κ2) is 18.1. The van der Waals surface area contributed by atoms with E-state index in [1.54, 1.807) is 0 Å². The molecule has 188 valence electrons. The van der Waals surface area contributed by atoms with Gasteiger partial charge < -0.3 is 0 Å². The Balaban J connectivity index is 2.45. The second-order valence-corrected chi connectivity index (χ2v) is 11.1. The lowest BCUT2D eigenvalue weighted by Crippen LogP contribution is -2.38. The van der Waals surface area contributed by atoms with Crippen LogP contribution in [0.25, 0.3) is 0 Å². The fourth-order valence-corrected chi connectivity index (χ4v) is 6.39. The summed E-state index contributed by atoms with van der Waals surface area (Å²) in [7, 11) is 0. The van der Waals surface area contributed by atoms with Crippen molar-refractivity contribution in [1.29, 1.82) is 0 Å². The molecule has 0 fully saturated rings. The van der Waals surface area contributed by atoms with E-state index in [9.17, 15) is 0 Å². The maximum atomic E-state index is 5.36. The van der Waals surface area contributed by atoms with Crippen LogP contribution < -0.4 is 0 Å². The summed E-state index contributed by atoms with van der Waals surface area (Å²) in [4.78, 5) is 0. The van der Waals surface area contributed by atoms with Crippen LogP contribution in [-0.2, 0) is 5.41 Å². The molecule has 2 aromatic rings. The van der Waals surface area contributed by atoms with Crippen LogP contribution in [0.4, 0.5) is 0 Å². The number of hydrogen-bond acceptors (Lipinski definition) is 4. The lowest BCUT2D eigenvalue weighted by atomic mass is 9.60. The Bertz CT molecular complexity index is 736. The molecule has 2 radical (unpaired) electrons. The highest BCUT2D eigenvalue weighted by atomic mass is 32.1. The summed E-state index contributed by atoms with van der Waals surface area (Å²) < 4.78 is 0. The molecule has 0 heterocycles. The molecule has 34 heavy (non-hydrogen) atoms. The van der Waals surface area contributed by atoms with Crippen molar-refractivity contribution in [1.82, 2.24) is 0 Å². The van der Waals surface area contributed by atoms with Crippen molar-refractivity contribution in [2.75, 3.05) is 11.5 Å². The van der Waals surface area contributed by atoms with E-state index in [-0.39, 0.29) is 5.41 Å². The van der Waals surface area contributed by atoms with E-state index in [2.05, 4.69) is 98.6 Å². The zero-order chi connectivity index (χ0) is 24.5. The van der Waals surface area contributed by atoms with Gasteiger partial charge in [-0.1, -0.05) is 99.2 Å². The van der Waals surface area contributed by atoms with Crippen molar-refractivity contribution in [2.45, 2.75) is 88.4 Å². The minimum atomic E-state index is -0.0903. The predicted octanol–water partition coefficient (Wildman–Crippen LogP) is 9.80. The Morgan fingerprint density at radius 3 is 1.88 bits per heavy atom. The van der Waals surface area contributed by atoms with E-state index in [4.69, 9.17) is 12.6 Å². The number of hydrogen-bond donors (Lipinski definition) is 4. The standard InChI is InChI=1S/C30H44S4/c31-23-13-3-1-11-21-29(34)30(22-12-2-4-14-24-32,27-18-9-6-10-19-27)28(20-15-25-33)26-16-7-5-8-17-26/h5-10,16-19,25,28,31-34H,1-4,11-15,20-24H2. The molecule has 0 aliphatic heterocycles. The van der Waals surface area contributed by atoms with Gasteiger partial charge in [-0.3, -0.25) is 0 Å². The molecule has 2 rings (SSSR count). The lowest BCUT2D eigenvalue weighted by molar-refractivity contribution is 0.317. The van der Waals surface area contributed by atoms with Gasteiger partial charge in [-0.05, 0) is 67.1 Å². The monoisotopic (exact) mass is 532 g/mol. The van der Waals surface area contributed by atoms with Crippen molar-refractivity contribution >= 4 is 50.5 Å². The highest BCUT2D eigenvalue weighted by molar-refractivity contribution is 7.83. The Hall–Kier alpha value is -0.160. The van der Waals surface area contributed by atoms with E-state index in [0.717, 1.165) is 37.2 Å². The molecule has 0 saturated heterocycles. The Morgan fingerprint density at radius 2 is 1.29 bits per heavy atom. The number of benzene rings is 2. The van der Waals surface area contributed by atoms with Crippen molar-refractivity contribution < 1.29 is 0 Å². The molecule has 0 saturated carbocycles. The highest BCUT2D eigenvalue weighted by Gasteiger charge is 2.45. The first-order valence-corrected chi connectivity index (χ1v) is 15.3. The maximum Gasteiger partial charge on any atom is 0.0385 e. The smallest absolute Gasteiger partial charge is 0.0385 e. The van der Waals surface area contributed by atoms with Crippen LogP contribution in [0.1, 0.15) is 94.1 Å². The summed E-state index contributed by atoms with van der Waals surface area (Å²) >= 11 is 18.6. The largest absolute Gasteiger partial charge is 0.179 e. The molecular weight excluding hydrogens is 489 g/mol. The summed E-state index contributed by atoms with van der Waals surface area (Å²) in [6.45, 7) is 0. The summed E-state index contributed by atoms with van der Waals surface area (Å²) in [5.74, 6) is 4.35. The van der Waals surface area contributed by atoms with Gasteiger partial charge in [0, 0.05) is 16.4 Å². The molecule has 2 aromatic carbocycles. The lowest BCUT2D eigenvalue weighted by Gasteiger charge is -2.46. The van der Waals surface area contributed by atoms with Crippen LogP contribution in [0.3, 0.4) is 0 Å². The van der Waals surface area contributed by atoms with Crippen molar-refractivity contribution in [3.63, 3.8) is 0 Å². The van der Waals surface area contributed by atoms with Crippen molar-refractivity contribution in [2.24, 2.45) is 0 Å². The van der Waals surface area contributed by atoms with Gasteiger partial charge in [0.25, 0.3) is 0 Å². The zero-order valence-electron chi connectivity index (χ0n) is 20.6. The van der Waals surface area contributed by atoms with Crippen molar-refractivity contribution in [3.05, 3.63) is 82.8 Å².